The van der Waals surface area contributed by atoms with E-state index in [0.29, 0.717) is 18.9 Å². The summed E-state index contributed by atoms with van der Waals surface area (Å²) < 4.78 is 16.8. The Morgan fingerprint density at radius 1 is 1.10 bits per heavy atom. The maximum atomic E-state index is 13.5. The molecule has 1 aromatic heterocycles. The summed E-state index contributed by atoms with van der Waals surface area (Å²) in [5.74, 6) is 2.37. The molecule has 30 heavy (non-hydrogen) atoms. The number of carbonyl (C=O) groups excluding carboxylic acids is 1. The first-order chi connectivity index (χ1) is 14.6. The first kappa shape index (κ1) is 19.0. The van der Waals surface area contributed by atoms with Crippen molar-refractivity contribution < 1.29 is 19.0 Å². The molecule has 0 saturated heterocycles. The molecule has 3 aromatic rings. The predicted molar refractivity (Wildman–Crippen MR) is 117 cm³/mol. The zero-order valence-electron chi connectivity index (χ0n) is 17.2. The monoisotopic (exact) mass is 421 g/mol. The SMILES string of the molecule is COc1cc2c(cc1OC)[C@@H](C)N(C(=O)c1cc3c(s1)-c1ccccc1OC3)CC2. The fraction of sp³-hybridized carbons (Fsp3) is 0.292. The maximum Gasteiger partial charge on any atom is 0.264 e. The van der Waals surface area contributed by atoms with Crippen LogP contribution in [0.5, 0.6) is 17.2 Å². The summed E-state index contributed by atoms with van der Waals surface area (Å²) >= 11 is 1.56. The Morgan fingerprint density at radius 2 is 1.87 bits per heavy atom. The molecule has 154 valence electrons. The maximum absolute atomic E-state index is 13.5. The lowest BCUT2D eigenvalue weighted by atomic mass is 9.92. The largest absolute Gasteiger partial charge is 0.493 e. The zero-order valence-corrected chi connectivity index (χ0v) is 18.0. The Bertz CT molecular complexity index is 1140. The molecule has 0 bridgehead atoms. The van der Waals surface area contributed by atoms with Gasteiger partial charge >= 0.3 is 0 Å². The summed E-state index contributed by atoms with van der Waals surface area (Å²) in [4.78, 5) is 17.3. The first-order valence-corrected chi connectivity index (χ1v) is 10.8. The van der Waals surface area contributed by atoms with Crippen LogP contribution in [0.4, 0.5) is 0 Å². The van der Waals surface area contributed by atoms with Gasteiger partial charge in [0.1, 0.15) is 12.4 Å². The molecule has 2 aliphatic heterocycles. The van der Waals surface area contributed by atoms with Gasteiger partial charge in [0.15, 0.2) is 11.5 Å². The molecule has 1 atom stereocenters. The lowest BCUT2D eigenvalue weighted by Crippen LogP contribution is -2.38. The number of amides is 1. The van der Waals surface area contributed by atoms with Crippen LogP contribution in [0.2, 0.25) is 0 Å². The van der Waals surface area contributed by atoms with Gasteiger partial charge in [-0.2, -0.15) is 0 Å². The Morgan fingerprint density at radius 3 is 2.67 bits per heavy atom. The quantitative estimate of drug-likeness (QED) is 0.591. The van der Waals surface area contributed by atoms with Gasteiger partial charge in [-0.15, -0.1) is 11.3 Å². The molecular formula is C24H23NO4S. The van der Waals surface area contributed by atoms with Crippen LogP contribution in [-0.4, -0.2) is 31.6 Å². The Labute approximate surface area is 179 Å². The van der Waals surface area contributed by atoms with Gasteiger partial charge in [-0.1, -0.05) is 12.1 Å². The number of carbonyl (C=O) groups is 1. The fourth-order valence-electron chi connectivity index (χ4n) is 4.37. The van der Waals surface area contributed by atoms with Crippen molar-refractivity contribution in [1.29, 1.82) is 0 Å². The molecule has 0 radical (unpaired) electrons. The summed E-state index contributed by atoms with van der Waals surface area (Å²) in [6, 6.07) is 14.0. The predicted octanol–water partition coefficient (Wildman–Crippen LogP) is 5.08. The number of para-hydroxylation sites is 1. The topological polar surface area (TPSA) is 48.0 Å². The highest BCUT2D eigenvalue weighted by molar-refractivity contribution is 7.17. The minimum absolute atomic E-state index is 0.0382. The molecule has 2 aromatic carbocycles. The number of thiophene rings is 1. The second kappa shape index (κ2) is 7.36. The summed E-state index contributed by atoms with van der Waals surface area (Å²) in [5.41, 5.74) is 4.47. The third-order valence-corrected chi connectivity index (χ3v) is 7.18. The van der Waals surface area contributed by atoms with Crippen molar-refractivity contribution in [1.82, 2.24) is 4.90 Å². The summed E-state index contributed by atoms with van der Waals surface area (Å²) in [7, 11) is 3.28. The van der Waals surface area contributed by atoms with Crippen LogP contribution < -0.4 is 14.2 Å². The van der Waals surface area contributed by atoms with Gasteiger partial charge in [0.2, 0.25) is 0 Å². The van der Waals surface area contributed by atoms with Gasteiger partial charge in [0.05, 0.1) is 25.1 Å². The van der Waals surface area contributed by atoms with Crippen LogP contribution >= 0.6 is 11.3 Å². The van der Waals surface area contributed by atoms with Crippen molar-refractivity contribution >= 4 is 17.2 Å². The minimum Gasteiger partial charge on any atom is -0.493 e. The average Bonchev–Trinajstić information content (AvgIpc) is 3.23. The number of nitrogens with zero attached hydrogens (tertiary/aromatic N) is 1. The first-order valence-electron chi connectivity index (χ1n) is 10.0. The highest BCUT2D eigenvalue weighted by Crippen LogP contribution is 2.44. The number of ether oxygens (including phenoxy) is 3. The van der Waals surface area contributed by atoms with E-state index in [1.807, 2.05) is 41.3 Å². The van der Waals surface area contributed by atoms with Crippen molar-refractivity contribution in [3.05, 3.63) is 64.0 Å². The third-order valence-electron chi connectivity index (χ3n) is 5.98. The van der Waals surface area contributed by atoms with Gasteiger partial charge in [0.25, 0.3) is 5.91 Å². The molecule has 5 rings (SSSR count). The van der Waals surface area contributed by atoms with Crippen LogP contribution in [0.15, 0.2) is 42.5 Å². The van der Waals surface area contributed by atoms with Crippen molar-refractivity contribution in [2.45, 2.75) is 26.0 Å². The molecule has 3 heterocycles. The zero-order chi connectivity index (χ0) is 20.8. The summed E-state index contributed by atoms with van der Waals surface area (Å²) in [6.45, 7) is 3.26. The molecule has 0 unspecified atom stereocenters. The van der Waals surface area contributed by atoms with E-state index >= 15 is 0 Å². The Kier molecular flexibility index (Phi) is 4.66. The second-order valence-corrected chi connectivity index (χ2v) is 8.63. The molecule has 0 spiro atoms. The van der Waals surface area contributed by atoms with E-state index in [9.17, 15) is 4.79 Å². The molecule has 0 fully saturated rings. The Hall–Kier alpha value is -2.99. The smallest absolute Gasteiger partial charge is 0.264 e. The van der Waals surface area contributed by atoms with E-state index in [1.54, 1.807) is 25.6 Å². The molecule has 0 aliphatic carbocycles. The van der Waals surface area contributed by atoms with E-state index in [0.717, 1.165) is 44.4 Å². The number of methoxy groups -OCH3 is 2. The van der Waals surface area contributed by atoms with Crippen LogP contribution in [0.1, 0.15) is 39.3 Å². The summed E-state index contributed by atoms with van der Waals surface area (Å²) in [5, 5.41) is 0. The van der Waals surface area contributed by atoms with Crippen LogP contribution in [-0.2, 0) is 13.0 Å². The van der Waals surface area contributed by atoms with Gasteiger partial charge in [0, 0.05) is 22.5 Å². The van der Waals surface area contributed by atoms with Crippen LogP contribution in [0.25, 0.3) is 10.4 Å². The van der Waals surface area contributed by atoms with Crippen molar-refractivity contribution in [2.24, 2.45) is 0 Å². The number of rotatable bonds is 3. The normalized spacial score (nSPS) is 16.8. The van der Waals surface area contributed by atoms with E-state index in [4.69, 9.17) is 14.2 Å². The highest BCUT2D eigenvalue weighted by atomic mass is 32.1. The molecule has 0 N–H and O–H groups in total. The number of fused-ring (bicyclic) bond motifs is 4. The van der Waals surface area contributed by atoms with Crippen molar-refractivity contribution in [2.75, 3.05) is 20.8 Å². The molecule has 0 saturated carbocycles. The lowest BCUT2D eigenvalue weighted by Gasteiger charge is -2.35. The minimum atomic E-state index is -0.0382. The average molecular weight is 422 g/mol. The van der Waals surface area contributed by atoms with Crippen LogP contribution in [0.3, 0.4) is 0 Å². The summed E-state index contributed by atoms with van der Waals surface area (Å²) in [6.07, 6.45) is 0.794. The molecular weight excluding hydrogens is 398 g/mol. The number of hydrogen-bond acceptors (Lipinski definition) is 5. The van der Waals surface area contributed by atoms with Crippen molar-refractivity contribution in [3.8, 4) is 27.7 Å². The fourth-order valence-corrected chi connectivity index (χ4v) is 5.52. The van der Waals surface area contributed by atoms with E-state index < -0.39 is 0 Å². The molecule has 2 aliphatic rings. The highest BCUT2D eigenvalue weighted by Gasteiger charge is 2.32. The van der Waals surface area contributed by atoms with Gasteiger partial charge in [-0.05, 0) is 54.8 Å². The molecule has 5 nitrogen and oxygen atoms in total. The van der Waals surface area contributed by atoms with Gasteiger partial charge in [-0.25, -0.2) is 0 Å². The molecule has 6 heteroatoms. The second-order valence-electron chi connectivity index (χ2n) is 7.58. The van der Waals surface area contributed by atoms with Gasteiger partial charge < -0.3 is 19.1 Å². The molecule has 1 amide bonds. The van der Waals surface area contributed by atoms with E-state index in [2.05, 4.69) is 13.0 Å². The van der Waals surface area contributed by atoms with Gasteiger partial charge in [-0.3, -0.25) is 4.79 Å². The number of hydrogen-bond donors (Lipinski definition) is 0. The number of benzene rings is 2. The Balaban J connectivity index is 1.47. The van der Waals surface area contributed by atoms with E-state index in [-0.39, 0.29) is 11.9 Å². The van der Waals surface area contributed by atoms with Crippen LogP contribution in [0, 0.1) is 0 Å². The lowest BCUT2D eigenvalue weighted by molar-refractivity contribution is 0.0682. The van der Waals surface area contributed by atoms with Crippen molar-refractivity contribution in [3.63, 3.8) is 0 Å². The standard InChI is InChI=1S/C24H23NO4S/c1-14-18-12-21(28-3)20(27-2)10-15(18)8-9-25(14)24(26)22-11-16-13-29-19-7-5-4-6-17(19)23(16)30-22/h4-7,10-12,14H,8-9,13H2,1-3H3/t14-/m1/s1. The van der Waals surface area contributed by atoms with E-state index in [1.165, 1.54) is 5.56 Å². The third kappa shape index (κ3) is 2.94.